The summed E-state index contributed by atoms with van der Waals surface area (Å²) < 4.78 is 11.8. The molecule has 1 amide bonds. The number of amides is 1. The molecule has 5 nitrogen and oxygen atoms in total. The minimum Gasteiger partial charge on any atom is -0.449 e. The number of carbonyl (C=O) groups excluding carboxylic acids is 2. The average Bonchev–Trinajstić information content (AvgIpc) is 2.81. The van der Waals surface area contributed by atoms with Gasteiger partial charge in [-0.25, -0.2) is 4.79 Å². The minimum atomic E-state index is -1.87. The fourth-order valence-corrected chi connectivity index (χ4v) is 5.07. The fourth-order valence-electron chi connectivity index (χ4n) is 3.72. The van der Waals surface area contributed by atoms with Crippen LogP contribution >= 0.6 is 0 Å². The van der Waals surface area contributed by atoms with Gasteiger partial charge in [-0.2, -0.15) is 0 Å². The van der Waals surface area contributed by atoms with E-state index in [1.54, 1.807) is 4.90 Å². The van der Waals surface area contributed by atoms with Crippen molar-refractivity contribution < 1.29 is 18.8 Å². The molecule has 0 radical (unpaired) electrons. The Bertz CT molecular complexity index is 518. The molecule has 0 aromatic carbocycles. The van der Waals surface area contributed by atoms with Gasteiger partial charge in [-0.15, -0.1) is 0 Å². The first-order valence-electron chi connectivity index (χ1n) is 10.1. The Morgan fingerprint density at radius 1 is 1.27 bits per heavy atom. The minimum absolute atomic E-state index is 0.0476. The van der Waals surface area contributed by atoms with Crippen LogP contribution in [0.4, 0.5) is 4.79 Å². The van der Waals surface area contributed by atoms with Crippen LogP contribution < -0.4 is 0 Å². The summed E-state index contributed by atoms with van der Waals surface area (Å²) >= 11 is 0. The predicted octanol–water partition coefficient (Wildman–Crippen LogP) is 4.76. The molecule has 0 unspecified atom stereocenters. The number of hydrogen-bond acceptors (Lipinski definition) is 4. The van der Waals surface area contributed by atoms with Crippen LogP contribution in [0.25, 0.3) is 0 Å². The van der Waals surface area contributed by atoms with Gasteiger partial charge in [0.05, 0.1) is 12.7 Å². The molecule has 1 heterocycles. The summed E-state index contributed by atoms with van der Waals surface area (Å²) in [7, 11) is -1.87. The highest BCUT2D eigenvalue weighted by Crippen LogP contribution is 2.47. The van der Waals surface area contributed by atoms with Crippen molar-refractivity contribution in [2.75, 3.05) is 19.7 Å². The van der Waals surface area contributed by atoms with Crippen molar-refractivity contribution in [3.05, 3.63) is 0 Å². The number of hydrogen-bond donors (Lipinski definition) is 0. The van der Waals surface area contributed by atoms with Crippen LogP contribution in [0.15, 0.2) is 0 Å². The molecule has 1 spiro atoms. The predicted molar refractivity (Wildman–Crippen MR) is 106 cm³/mol. The molecule has 1 saturated carbocycles. The number of likely N-dealkylation sites (tertiary alicyclic amines) is 1. The topological polar surface area (TPSA) is 55.8 Å². The summed E-state index contributed by atoms with van der Waals surface area (Å²) in [5, 5.41) is 0.150. The second kappa shape index (κ2) is 8.01. The largest absolute Gasteiger partial charge is 0.449 e. The van der Waals surface area contributed by atoms with Crippen molar-refractivity contribution in [1.82, 2.24) is 4.90 Å². The number of Topliss-reactive ketones (excluding diaryl/α,β-unsaturated/α-hetero) is 1. The number of nitrogens with zero attached hydrogens (tertiary/aromatic N) is 1. The molecule has 0 aromatic heterocycles. The zero-order valence-corrected chi connectivity index (χ0v) is 18.5. The van der Waals surface area contributed by atoms with Gasteiger partial charge >= 0.3 is 6.09 Å². The third-order valence-corrected chi connectivity index (χ3v) is 11.1. The average molecular weight is 384 g/mol. The van der Waals surface area contributed by atoms with Gasteiger partial charge in [-0.05, 0) is 43.8 Å². The van der Waals surface area contributed by atoms with Crippen LogP contribution in [0.5, 0.6) is 0 Å². The summed E-state index contributed by atoms with van der Waals surface area (Å²) in [6.07, 6.45) is 4.57. The molecule has 150 valence electrons. The Kier molecular flexibility index (Phi) is 6.60. The zero-order valence-electron chi connectivity index (χ0n) is 17.5. The SMILES string of the molecule is CCCCOC(=O)N1CCC2(CC1)C[C@@H](O[Si](C)(C)C(C)(C)C)CC2=O. The molecule has 0 bridgehead atoms. The standard InChI is InChI=1S/C20H37NO4Si/c1-7-8-13-24-18(23)21-11-9-20(10-12-21)15-16(14-17(20)22)25-26(5,6)19(2,3)4/h16H,7-15H2,1-6H3/t16-/m0/s1. The van der Waals surface area contributed by atoms with E-state index in [1.165, 1.54) is 0 Å². The summed E-state index contributed by atoms with van der Waals surface area (Å²) in [6, 6.07) is 0. The molecule has 6 heteroatoms. The quantitative estimate of drug-likeness (QED) is 0.507. The second-order valence-corrected chi connectivity index (χ2v) is 14.3. The van der Waals surface area contributed by atoms with Crippen LogP contribution in [0.3, 0.4) is 0 Å². The first-order valence-corrected chi connectivity index (χ1v) is 13.0. The van der Waals surface area contributed by atoms with Crippen LogP contribution in [-0.2, 0) is 14.0 Å². The molecular formula is C20H37NO4Si. The number of piperidine rings is 1. The van der Waals surface area contributed by atoms with Crippen molar-refractivity contribution in [3.8, 4) is 0 Å². The van der Waals surface area contributed by atoms with Gasteiger partial charge in [-0.3, -0.25) is 4.79 Å². The number of unbranched alkanes of at least 4 members (excludes halogenated alkanes) is 1. The summed E-state index contributed by atoms with van der Waals surface area (Å²) in [6.45, 7) is 15.0. The summed E-state index contributed by atoms with van der Waals surface area (Å²) in [4.78, 5) is 26.7. The van der Waals surface area contributed by atoms with Gasteiger partial charge in [0.15, 0.2) is 8.32 Å². The van der Waals surface area contributed by atoms with Gasteiger partial charge < -0.3 is 14.1 Å². The van der Waals surface area contributed by atoms with Crippen molar-refractivity contribution in [3.63, 3.8) is 0 Å². The summed E-state index contributed by atoms with van der Waals surface area (Å²) in [5.74, 6) is 0.334. The van der Waals surface area contributed by atoms with E-state index in [-0.39, 0.29) is 22.7 Å². The Hall–Kier alpha value is -0.883. The molecule has 26 heavy (non-hydrogen) atoms. The smallest absolute Gasteiger partial charge is 0.409 e. The molecule has 1 saturated heterocycles. The maximum atomic E-state index is 12.8. The summed E-state index contributed by atoms with van der Waals surface area (Å²) in [5.41, 5.74) is -0.284. The highest BCUT2D eigenvalue weighted by atomic mass is 28.4. The third-order valence-electron chi connectivity index (χ3n) is 6.59. The van der Waals surface area contributed by atoms with E-state index in [0.29, 0.717) is 31.9 Å². The van der Waals surface area contributed by atoms with Crippen molar-refractivity contribution in [1.29, 1.82) is 0 Å². The number of rotatable bonds is 5. The Labute approximate surface area is 159 Å². The van der Waals surface area contributed by atoms with E-state index in [2.05, 4.69) is 40.8 Å². The van der Waals surface area contributed by atoms with Gasteiger partial charge in [-0.1, -0.05) is 34.1 Å². The monoisotopic (exact) mass is 383 g/mol. The third kappa shape index (κ3) is 4.69. The highest BCUT2D eigenvalue weighted by Gasteiger charge is 2.51. The van der Waals surface area contributed by atoms with Crippen LogP contribution in [0.2, 0.25) is 18.1 Å². The Morgan fingerprint density at radius 2 is 1.88 bits per heavy atom. The zero-order chi connectivity index (χ0) is 19.6. The van der Waals surface area contributed by atoms with Crippen LogP contribution in [-0.4, -0.2) is 50.9 Å². The van der Waals surface area contributed by atoms with Gasteiger partial charge in [0, 0.05) is 24.9 Å². The molecule has 0 N–H and O–H groups in total. The van der Waals surface area contributed by atoms with Crippen LogP contribution in [0.1, 0.15) is 66.2 Å². The lowest BCUT2D eigenvalue weighted by Gasteiger charge is -2.40. The number of carbonyl (C=O) groups is 2. The van der Waals surface area contributed by atoms with Crippen molar-refractivity contribution >= 4 is 20.2 Å². The Morgan fingerprint density at radius 3 is 2.42 bits per heavy atom. The lowest BCUT2D eigenvalue weighted by molar-refractivity contribution is -0.128. The molecule has 1 aliphatic heterocycles. The van der Waals surface area contributed by atoms with E-state index >= 15 is 0 Å². The first kappa shape index (κ1) is 21.4. The second-order valence-electron chi connectivity index (χ2n) is 9.57. The highest BCUT2D eigenvalue weighted by molar-refractivity contribution is 6.74. The molecule has 2 fully saturated rings. The Balaban J connectivity index is 1.90. The maximum Gasteiger partial charge on any atom is 0.409 e. The first-order chi connectivity index (χ1) is 12.0. The molecule has 2 rings (SSSR count). The normalized spacial score (nSPS) is 23.5. The number of ether oxygens (including phenoxy) is 1. The molecular weight excluding hydrogens is 346 g/mol. The van der Waals surface area contributed by atoms with Gasteiger partial charge in [0.1, 0.15) is 5.78 Å². The molecule has 2 aliphatic rings. The molecule has 1 aliphatic carbocycles. The lowest BCUT2D eigenvalue weighted by Crippen LogP contribution is -2.46. The molecule has 0 aromatic rings. The van der Waals surface area contributed by atoms with Gasteiger partial charge in [0.25, 0.3) is 0 Å². The van der Waals surface area contributed by atoms with Crippen molar-refractivity contribution in [2.45, 2.75) is 90.5 Å². The van der Waals surface area contributed by atoms with E-state index in [0.717, 1.165) is 32.1 Å². The van der Waals surface area contributed by atoms with Gasteiger partial charge in [0.2, 0.25) is 0 Å². The van der Waals surface area contributed by atoms with E-state index in [1.807, 2.05) is 0 Å². The lowest BCUT2D eigenvalue weighted by atomic mass is 9.76. The number of ketones is 1. The van der Waals surface area contributed by atoms with Crippen molar-refractivity contribution in [2.24, 2.45) is 5.41 Å². The van der Waals surface area contributed by atoms with E-state index in [9.17, 15) is 9.59 Å². The van der Waals surface area contributed by atoms with E-state index < -0.39 is 8.32 Å². The fraction of sp³-hybridized carbons (Fsp3) is 0.900. The van der Waals surface area contributed by atoms with Crippen LogP contribution in [0, 0.1) is 5.41 Å². The van der Waals surface area contributed by atoms with E-state index in [4.69, 9.17) is 9.16 Å². The maximum absolute atomic E-state index is 12.8. The molecule has 1 atom stereocenters.